The number of nitrogens with zero attached hydrogens (tertiary/aromatic N) is 1. The van der Waals surface area contributed by atoms with Crippen molar-refractivity contribution in [3.05, 3.63) is 35.4 Å². The molecule has 0 amide bonds. The third kappa shape index (κ3) is 3.02. The minimum atomic E-state index is 0.231. The second-order valence-corrected chi connectivity index (χ2v) is 7.58. The molecular weight excluding hydrogens is 256 g/mol. The van der Waals surface area contributed by atoms with Crippen LogP contribution >= 0.6 is 0 Å². The molecule has 21 heavy (non-hydrogen) atoms. The molecule has 1 heterocycles. The van der Waals surface area contributed by atoms with Crippen molar-refractivity contribution in [2.24, 2.45) is 17.6 Å². The predicted octanol–water partition coefficient (Wildman–Crippen LogP) is 3.59. The topological polar surface area (TPSA) is 29.3 Å². The second kappa shape index (κ2) is 6.10. The van der Waals surface area contributed by atoms with Gasteiger partial charge < -0.3 is 5.73 Å². The van der Waals surface area contributed by atoms with E-state index in [4.69, 9.17) is 5.73 Å². The zero-order chi connectivity index (χ0) is 14.9. The van der Waals surface area contributed by atoms with Gasteiger partial charge in [-0.15, -0.1) is 0 Å². The number of fused-ring (bicyclic) bond motifs is 1. The number of benzene rings is 1. The van der Waals surface area contributed by atoms with E-state index in [0.717, 1.165) is 24.9 Å². The van der Waals surface area contributed by atoms with Crippen LogP contribution in [0.5, 0.6) is 0 Å². The quantitative estimate of drug-likeness (QED) is 0.900. The van der Waals surface area contributed by atoms with Crippen LogP contribution in [0.1, 0.15) is 50.7 Å². The molecule has 0 spiro atoms. The summed E-state index contributed by atoms with van der Waals surface area (Å²) in [7, 11) is 0. The summed E-state index contributed by atoms with van der Waals surface area (Å²) in [6.45, 7) is 7.92. The van der Waals surface area contributed by atoms with Crippen LogP contribution in [-0.4, -0.2) is 23.5 Å². The van der Waals surface area contributed by atoms with Crippen LogP contribution in [-0.2, 0) is 13.0 Å². The van der Waals surface area contributed by atoms with Crippen LogP contribution in [0.2, 0.25) is 0 Å². The van der Waals surface area contributed by atoms with Crippen LogP contribution in [0.25, 0.3) is 0 Å². The first-order valence-corrected chi connectivity index (χ1v) is 8.65. The molecule has 0 saturated heterocycles. The molecule has 2 aliphatic rings. The molecule has 3 rings (SSSR count). The monoisotopic (exact) mass is 286 g/mol. The molecule has 2 unspecified atom stereocenters. The first kappa shape index (κ1) is 15.1. The van der Waals surface area contributed by atoms with Gasteiger partial charge >= 0.3 is 0 Å². The van der Waals surface area contributed by atoms with Gasteiger partial charge in [-0.3, -0.25) is 4.90 Å². The Balaban J connectivity index is 1.87. The highest BCUT2D eigenvalue weighted by atomic mass is 15.2. The van der Waals surface area contributed by atoms with Crippen molar-refractivity contribution in [3.8, 4) is 0 Å². The van der Waals surface area contributed by atoms with Crippen LogP contribution in [0, 0.1) is 11.8 Å². The Kier molecular flexibility index (Phi) is 4.37. The van der Waals surface area contributed by atoms with E-state index in [2.05, 4.69) is 43.0 Å². The first-order valence-electron chi connectivity index (χ1n) is 8.65. The van der Waals surface area contributed by atoms with E-state index in [1.54, 1.807) is 5.56 Å². The third-order valence-corrected chi connectivity index (χ3v) is 5.67. The fourth-order valence-corrected chi connectivity index (χ4v) is 4.89. The van der Waals surface area contributed by atoms with Gasteiger partial charge in [0.15, 0.2) is 0 Å². The SMILES string of the molecule is CC1CC(C)CC(CN)(N2CCCc3ccccc3C2)C1. The van der Waals surface area contributed by atoms with E-state index in [1.807, 2.05) is 0 Å². The molecule has 1 aromatic rings. The third-order valence-electron chi connectivity index (χ3n) is 5.67. The summed E-state index contributed by atoms with van der Waals surface area (Å²) in [5, 5.41) is 0. The molecular formula is C19H30N2. The number of aryl methyl sites for hydroxylation is 1. The minimum Gasteiger partial charge on any atom is -0.329 e. The van der Waals surface area contributed by atoms with Crippen molar-refractivity contribution in [1.82, 2.24) is 4.90 Å². The van der Waals surface area contributed by atoms with Gasteiger partial charge in [-0.1, -0.05) is 38.1 Å². The van der Waals surface area contributed by atoms with E-state index >= 15 is 0 Å². The zero-order valence-corrected chi connectivity index (χ0v) is 13.6. The fraction of sp³-hybridized carbons (Fsp3) is 0.684. The molecule has 1 saturated carbocycles. The maximum Gasteiger partial charge on any atom is 0.0340 e. The van der Waals surface area contributed by atoms with Gasteiger partial charge in [0.1, 0.15) is 0 Å². The maximum atomic E-state index is 6.32. The van der Waals surface area contributed by atoms with Crippen LogP contribution in [0.3, 0.4) is 0 Å². The molecule has 1 fully saturated rings. The van der Waals surface area contributed by atoms with Crippen LogP contribution in [0.15, 0.2) is 24.3 Å². The molecule has 2 N–H and O–H groups in total. The van der Waals surface area contributed by atoms with E-state index in [1.165, 1.54) is 44.2 Å². The highest BCUT2D eigenvalue weighted by molar-refractivity contribution is 5.28. The smallest absolute Gasteiger partial charge is 0.0340 e. The molecule has 0 bridgehead atoms. The second-order valence-electron chi connectivity index (χ2n) is 7.58. The van der Waals surface area contributed by atoms with Crippen molar-refractivity contribution in [2.75, 3.05) is 13.1 Å². The number of hydrogen-bond donors (Lipinski definition) is 1. The molecule has 2 atom stereocenters. The molecule has 1 aliphatic heterocycles. The lowest BCUT2D eigenvalue weighted by molar-refractivity contribution is 0.0142. The van der Waals surface area contributed by atoms with E-state index in [9.17, 15) is 0 Å². The van der Waals surface area contributed by atoms with Crippen LogP contribution in [0.4, 0.5) is 0 Å². The Bertz CT molecular complexity index is 472. The molecule has 0 radical (unpaired) electrons. The minimum absolute atomic E-state index is 0.231. The van der Waals surface area contributed by atoms with Crippen molar-refractivity contribution in [2.45, 2.75) is 58.0 Å². The lowest BCUT2D eigenvalue weighted by atomic mass is 9.70. The summed E-state index contributed by atoms with van der Waals surface area (Å²) in [5.41, 5.74) is 9.62. The Morgan fingerprint density at radius 2 is 1.81 bits per heavy atom. The maximum absolute atomic E-state index is 6.32. The Morgan fingerprint density at radius 3 is 2.48 bits per heavy atom. The van der Waals surface area contributed by atoms with Gasteiger partial charge in [0.05, 0.1) is 0 Å². The Labute approximate surface area is 129 Å². The van der Waals surface area contributed by atoms with Crippen molar-refractivity contribution in [1.29, 1.82) is 0 Å². The van der Waals surface area contributed by atoms with Crippen molar-refractivity contribution in [3.63, 3.8) is 0 Å². The summed E-state index contributed by atoms with van der Waals surface area (Å²) in [6.07, 6.45) is 6.40. The van der Waals surface area contributed by atoms with Crippen molar-refractivity contribution >= 4 is 0 Å². The molecule has 0 aromatic heterocycles. The highest BCUT2D eigenvalue weighted by Crippen LogP contribution is 2.41. The summed E-state index contributed by atoms with van der Waals surface area (Å²) < 4.78 is 0. The van der Waals surface area contributed by atoms with Crippen molar-refractivity contribution < 1.29 is 0 Å². The van der Waals surface area contributed by atoms with Gasteiger partial charge in [-0.2, -0.15) is 0 Å². The summed E-state index contributed by atoms with van der Waals surface area (Å²) >= 11 is 0. The van der Waals surface area contributed by atoms with Gasteiger partial charge in [0.25, 0.3) is 0 Å². The van der Waals surface area contributed by atoms with Crippen LogP contribution < -0.4 is 5.73 Å². The predicted molar refractivity (Wildman–Crippen MR) is 89.1 cm³/mol. The lowest BCUT2D eigenvalue weighted by Crippen LogP contribution is -2.57. The molecule has 1 aliphatic carbocycles. The summed E-state index contributed by atoms with van der Waals surface area (Å²) in [6, 6.07) is 8.98. The average Bonchev–Trinajstić information content (AvgIpc) is 2.68. The fourth-order valence-electron chi connectivity index (χ4n) is 4.89. The van der Waals surface area contributed by atoms with E-state index in [0.29, 0.717) is 0 Å². The largest absolute Gasteiger partial charge is 0.329 e. The number of hydrogen-bond acceptors (Lipinski definition) is 2. The van der Waals surface area contributed by atoms with Gasteiger partial charge in [-0.25, -0.2) is 0 Å². The average molecular weight is 286 g/mol. The zero-order valence-electron chi connectivity index (χ0n) is 13.6. The molecule has 2 heteroatoms. The van der Waals surface area contributed by atoms with E-state index in [-0.39, 0.29) is 5.54 Å². The number of nitrogens with two attached hydrogens (primary N) is 1. The van der Waals surface area contributed by atoms with E-state index < -0.39 is 0 Å². The summed E-state index contributed by atoms with van der Waals surface area (Å²) in [4.78, 5) is 2.73. The lowest BCUT2D eigenvalue weighted by Gasteiger charge is -2.49. The Hall–Kier alpha value is -0.860. The normalized spacial score (nSPS) is 34.2. The standard InChI is InChI=1S/C19H30N2/c1-15-10-16(2)12-19(11-15,14-20)21-9-5-8-17-6-3-4-7-18(17)13-21/h3-4,6-7,15-16H,5,8-14,20H2,1-2H3. The Morgan fingerprint density at radius 1 is 1.14 bits per heavy atom. The number of rotatable bonds is 2. The highest BCUT2D eigenvalue weighted by Gasteiger charge is 2.41. The molecule has 2 nitrogen and oxygen atoms in total. The van der Waals surface area contributed by atoms with Gasteiger partial charge in [0.2, 0.25) is 0 Å². The van der Waals surface area contributed by atoms with Gasteiger partial charge in [0, 0.05) is 18.6 Å². The molecule has 1 aromatic carbocycles. The van der Waals surface area contributed by atoms with Gasteiger partial charge in [-0.05, 0) is 61.6 Å². The molecule has 116 valence electrons. The first-order chi connectivity index (χ1) is 10.1. The summed E-state index contributed by atoms with van der Waals surface area (Å²) in [5.74, 6) is 1.60.